The van der Waals surface area contributed by atoms with E-state index in [1.807, 2.05) is 0 Å². The first-order valence-corrected chi connectivity index (χ1v) is 9.39. The zero-order valence-corrected chi connectivity index (χ0v) is 14.4. The molecular formula is C15H11ClO6S2. The molecule has 1 aromatic heterocycles. The lowest BCUT2D eigenvalue weighted by Crippen LogP contribution is -2.10. The van der Waals surface area contributed by atoms with E-state index in [0.29, 0.717) is 16.7 Å². The lowest BCUT2D eigenvalue weighted by molar-refractivity contribution is -0.135. The molecule has 0 spiro atoms. The number of rotatable bonds is 6. The molecule has 0 fully saturated rings. The van der Waals surface area contributed by atoms with Crippen LogP contribution in [-0.2, 0) is 20.4 Å². The summed E-state index contributed by atoms with van der Waals surface area (Å²) in [6, 6.07) is 6.23. The van der Waals surface area contributed by atoms with E-state index in [4.69, 9.17) is 21.8 Å². The number of benzene rings is 1. The Labute approximate surface area is 146 Å². The number of hydrogen-bond donors (Lipinski definition) is 2. The van der Waals surface area contributed by atoms with Crippen LogP contribution in [0.3, 0.4) is 0 Å². The number of carbonyl (C=O) groups excluding carboxylic acids is 1. The van der Waals surface area contributed by atoms with Gasteiger partial charge in [0.2, 0.25) is 5.76 Å². The molecule has 1 heterocycles. The van der Waals surface area contributed by atoms with E-state index in [9.17, 15) is 18.0 Å². The molecule has 9 heteroatoms. The minimum atomic E-state index is -3.83. The summed E-state index contributed by atoms with van der Waals surface area (Å²) < 4.78 is 25.0. The number of aliphatic hydroxyl groups is 1. The van der Waals surface area contributed by atoms with Gasteiger partial charge in [-0.3, -0.25) is 4.79 Å². The van der Waals surface area contributed by atoms with E-state index in [-0.39, 0.29) is 16.2 Å². The van der Waals surface area contributed by atoms with E-state index in [2.05, 4.69) is 0 Å². The number of thiophene rings is 1. The Morgan fingerprint density at radius 2 is 1.75 bits per heavy atom. The number of sulfone groups is 1. The fraction of sp³-hybridized carbons (Fsp3) is 0.0667. The predicted molar refractivity (Wildman–Crippen MR) is 89.3 cm³/mol. The SMILES string of the molecule is O=C(O)/C(O)=C/C(=O)c1cscc1S(=O)(=O)Cc1ccc(Cl)cc1. The highest BCUT2D eigenvalue weighted by atomic mass is 35.5. The van der Waals surface area contributed by atoms with Crippen LogP contribution < -0.4 is 0 Å². The Kier molecular flexibility index (Phi) is 5.43. The average Bonchev–Trinajstić information content (AvgIpc) is 3.00. The van der Waals surface area contributed by atoms with Crippen molar-refractivity contribution in [2.75, 3.05) is 0 Å². The number of hydrogen-bond acceptors (Lipinski definition) is 6. The maximum absolute atomic E-state index is 12.5. The molecule has 0 radical (unpaired) electrons. The highest BCUT2D eigenvalue weighted by Crippen LogP contribution is 2.26. The van der Waals surface area contributed by atoms with Gasteiger partial charge in [0.05, 0.1) is 16.2 Å². The second kappa shape index (κ2) is 7.16. The van der Waals surface area contributed by atoms with Crippen molar-refractivity contribution in [2.24, 2.45) is 0 Å². The Morgan fingerprint density at radius 1 is 1.12 bits per heavy atom. The largest absolute Gasteiger partial charge is 0.502 e. The van der Waals surface area contributed by atoms with Gasteiger partial charge in [-0.15, -0.1) is 0 Å². The van der Waals surface area contributed by atoms with Crippen LogP contribution in [-0.4, -0.2) is 30.4 Å². The smallest absolute Gasteiger partial charge is 0.371 e. The molecule has 0 aliphatic heterocycles. The molecule has 126 valence electrons. The molecule has 6 nitrogen and oxygen atoms in total. The van der Waals surface area contributed by atoms with Crippen LogP contribution in [0.2, 0.25) is 5.02 Å². The number of allylic oxidation sites excluding steroid dienone is 1. The Bertz CT molecular complexity index is 910. The van der Waals surface area contributed by atoms with Crippen LogP contribution in [0, 0.1) is 0 Å². The zero-order chi connectivity index (χ0) is 17.9. The molecule has 0 saturated carbocycles. The summed E-state index contributed by atoms with van der Waals surface area (Å²) in [5, 5.41) is 20.8. The van der Waals surface area contributed by atoms with Gasteiger partial charge in [-0.1, -0.05) is 23.7 Å². The standard InChI is InChI=1S/C15H11ClO6S2/c16-10-3-1-9(2-4-10)8-24(21,22)14-7-23-6-11(14)12(17)5-13(18)15(19)20/h1-7,18H,8H2,(H,19,20)/b13-5-. The minimum absolute atomic E-state index is 0.179. The maximum Gasteiger partial charge on any atom is 0.371 e. The lowest BCUT2D eigenvalue weighted by atomic mass is 10.2. The second-order valence-electron chi connectivity index (χ2n) is 4.73. The number of aliphatic carboxylic acids is 1. The molecule has 2 aromatic rings. The van der Waals surface area contributed by atoms with Crippen LogP contribution in [0.25, 0.3) is 0 Å². The molecular weight excluding hydrogens is 376 g/mol. The molecule has 0 aliphatic carbocycles. The summed E-state index contributed by atoms with van der Waals surface area (Å²) in [5.74, 6) is -4.07. The lowest BCUT2D eigenvalue weighted by Gasteiger charge is -2.05. The number of carboxylic acid groups (broad SMARTS) is 1. The van der Waals surface area contributed by atoms with Crippen molar-refractivity contribution in [3.63, 3.8) is 0 Å². The molecule has 0 unspecified atom stereocenters. The first-order valence-electron chi connectivity index (χ1n) is 6.42. The Balaban J connectivity index is 2.34. The molecule has 0 atom stereocenters. The molecule has 24 heavy (non-hydrogen) atoms. The highest BCUT2D eigenvalue weighted by molar-refractivity contribution is 7.90. The summed E-state index contributed by atoms with van der Waals surface area (Å²) in [4.78, 5) is 22.4. The van der Waals surface area contributed by atoms with Crippen LogP contribution >= 0.6 is 22.9 Å². The van der Waals surface area contributed by atoms with E-state index < -0.39 is 27.3 Å². The van der Waals surface area contributed by atoms with E-state index in [0.717, 1.165) is 11.3 Å². The van der Waals surface area contributed by atoms with Crippen molar-refractivity contribution in [2.45, 2.75) is 10.6 Å². The van der Waals surface area contributed by atoms with Crippen molar-refractivity contribution in [1.82, 2.24) is 0 Å². The topological polar surface area (TPSA) is 109 Å². The van der Waals surface area contributed by atoms with Gasteiger partial charge in [0.15, 0.2) is 15.6 Å². The number of carboxylic acids is 1. The molecule has 0 saturated heterocycles. The number of aliphatic hydroxyl groups excluding tert-OH is 1. The van der Waals surface area contributed by atoms with Crippen LogP contribution in [0.1, 0.15) is 15.9 Å². The average molecular weight is 387 g/mol. The minimum Gasteiger partial charge on any atom is -0.502 e. The van der Waals surface area contributed by atoms with Gasteiger partial charge in [0, 0.05) is 21.9 Å². The van der Waals surface area contributed by atoms with Crippen molar-refractivity contribution >= 4 is 44.5 Å². The molecule has 2 rings (SSSR count). The first kappa shape index (κ1) is 18.2. The normalized spacial score (nSPS) is 12.1. The van der Waals surface area contributed by atoms with Crippen molar-refractivity contribution in [3.05, 3.63) is 63.0 Å². The van der Waals surface area contributed by atoms with Crippen LogP contribution in [0.15, 0.2) is 51.8 Å². The number of halogens is 1. The predicted octanol–water partition coefficient (Wildman–Crippen LogP) is 3.08. The van der Waals surface area contributed by atoms with Crippen molar-refractivity contribution in [3.8, 4) is 0 Å². The van der Waals surface area contributed by atoms with Gasteiger partial charge in [0.25, 0.3) is 0 Å². The van der Waals surface area contributed by atoms with Gasteiger partial charge in [0.1, 0.15) is 0 Å². The van der Waals surface area contributed by atoms with Crippen molar-refractivity contribution < 1.29 is 28.2 Å². The molecule has 0 bridgehead atoms. The number of ketones is 1. The summed E-state index contributed by atoms with van der Waals surface area (Å²) in [6.07, 6.45) is 0.478. The highest BCUT2D eigenvalue weighted by Gasteiger charge is 2.24. The van der Waals surface area contributed by atoms with Crippen molar-refractivity contribution in [1.29, 1.82) is 0 Å². The summed E-state index contributed by atoms with van der Waals surface area (Å²) in [6.45, 7) is 0. The van der Waals surface area contributed by atoms with E-state index in [1.54, 1.807) is 24.3 Å². The number of carbonyl (C=O) groups is 2. The molecule has 1 aromatic carbocycles. The third-order valence-corrected chi connectivity index (χ3v) is 5.85. The van der Waals surface area contributed by atoms with Gasteiger partial charge in [-0.25, -0.2) is 13.2 Å². The third kappa shape index (κ3) is 4.22. The quantitative estimate of drug-likeness (QED) is 0.448. The molecule has 0 aliphatic rings. The van der Waals surface area contributed by atoms with Gasteiger partial charge in [-0.2, -0.15) is 11.3 Å². The summed E-state index contributed by atoms with van der Waals surface area (Å²) in [7, 11) is -3.83. The van der Waals surface area contributed by atoms with E-state index in [1.165, 1.54) is 10.8 Å². The van der Waals surface area contributed by atoms with Gasteiger partial charge >= 0.3 is 5.97 Å². The fourth-order valence-corrected chi connectivity index (χ4v) is 4.78. The van der Waals surface area contributed by atoms with Crippen LogP contribution in [0.5, 0.6) is 0 Å². The second-order valence-corrected chi connectivity index (χ2v) is 7.87. The summed E-state index contributed by atoms with van der Waals surface area (Å²) >= 11 is 6.74. The Morgan fingerprint density at radius 3 is 2.33 bits per heavy atom. The molecule has 2 N–H and O–H groups in total. The van der Waals surface area contributed by atoms with Crippen LogP contribution in [0.4, 0.5) is 0 Å². The Hall–Kier alpha value is -2.16. The van der Waals surface area contributed by atoms with Gasteiger partial charge < -0.3 is 10.2 Å². The monoisotopic (exact) mass is 386 g/mol. The molecule has 0 amide bonds. The fourth-order valence-electron chi connectivity index (χ4n) is 1.85. The zero-order valence-electron chi connectivity index (χ0n) is 12.0. The maximum atomic E-state index is 12.5. The first-order chi connectivity index (χ1) is 11.2. The van der Waals surface area contributed by atoms with Gasteiger partial charge in [-0.05, 0) is 17.7 Å². The third-order valence-electron chi connectivity index (χ3n) is 2.98. The summed E-state index contributed by atoms with van der Waals surface area (Å²) in [5.41, 5.74) is 0.315. The van der Waals surface area contributed by atoms with E-state index >= 15 is 0 Å².